The maximum absolute atomic E-state index is 11.4. The Bertz CT molecular complexity index is 361. The zero-order valence-electron chi connectivity index (χ0n) is 9.00. The van der Waals surface area contributed by atoms with Gasteiger partial charge in [0.25, 0.3) is 0 Å². The van der Waals surface area contributed by atoms with E-state index in [4.69, 9.17) is 0 Å². The molecule has 1 nitrogen and oxygen atoms in total. The molecule has 0 amide bonds. The van der Waals surface area contributed by atoms with Crippen LogP contribution in [-0.4, -0.2) is 5.78 Å². The first-order chi connectivity index (χ1) is 6.65. The SMILES string of the molecule is CCC(=O)C(C)=Cc1ccccc1C. The van der Waals surface area contributed by atoms with Crippen molar-refractivity contribution in [3.63, 3.8) is 0 Å². The fourth-order valence-corrected chi connectivity index (χ4v) is 1.34. The van der Waals surface area contributed by atoms with Crippen molar-refractivity contribution in [1.29, 1.82) is 0 Å². The zero-order chi connectivity index (χ0) is 10.6. The van der Waals surface area contributed by atoms with Crippen molar-refractivity contribution in [3.05, 3.63) is 41.0 Å². The second-order valence-corrected chi connectivity index (χ2v) is 3.46. The monoisotopic (exact) mass is 188 g/mol. The molecule has 0 aromatic heterocycles. The van der Waals surface area contributed by atoms with Gasteiger partial charge in [-0.05, 0) is 36.6 Å². The molecule has 0 saturated heterocycles. The molecule has 0 heterocycles. The number of carbonyl (C=O) groups is 1. The lowest BCUT2D eigenvalue weighted by Crippen LogP contribution is -1.96. The number of rotatable bonds is 3. The van der Waals surface area contributed by atoms with Gasteiger partial charge in [0, 0.05) is 6.42 Å². The molecule has 0 fully saturated rings. The van der Waals surface area contributed by atoms with Gasteiger partial charge in [0.1, 0.15) is 0 Å². The van der Waals surface area contributed by atoms with Crippen LogP contribution in [0.4, 0.5) is 0 Å². The van der Waals surface area contributed by atoms with E-state index in [-0.39, 0.29) is 5.78 Å². The molecule has 0 bridgehead atoms. The molecule has 0 aliphatic heterocycles. The summed E-state index contributed by atoms with van der Waals surface area (Å²) in [6, 6.07) is 8.07. The Morgan fingerprint density at radius 1 is 1.36 bits per heavy atom. The maximum atomic E-state index is 11.4. The highest BCUT2D eigenvalue weighted by Gasteiger charge is 2.01. The summed E-state index contributed by atoms with van der Waals surface area (Å²) in [6.07, 6.45) is 2.54. The normalized spacial score (nSPS) is 11.5. The van der Waals surface area contributed by atoms with Crippen molar-refractivity contribution in [2.75, 3.05) is 0 Å². The van der Waals surface area contributed by atoms with Gasteiger partial charge in [-0.25, -0.2) is 0 Å². The van der Waals surface area contributed by atoms with Gasteiger partial charge in [0.2, 0.25) is 0 Å². The number of Topliss-reactive ketones (excluding diaryl/α,β-unsaturated/α-hetero) is 1. The van der Waals surface area contributed by atoms with Crippen LogP contribution in [0, 0.1) is 6.92 Å². The third kappa shape index (κ3) is 2.56. The van der Waals surface area contributed by atoms with Crippen molar-refractivity contribution in [2.45, 2.75) is 27.2 Å². The van der Waals surface area contributed by atoms with E-state index in [1.807, 2.05) is 38.1 Å². The van der Waals surface area contributed by atoms with Crippen molar-refractivity contribution >= 4 is 11.9 Å². The second-order valence-electron chi connectivity index (χ2n) is 3.46. The van der Waals surface area contributed by atoms with Gasteiger partial charge >= 0.3 is 0 Å². The smallest absolute Gasteiger partial charge is 0.158 e. The Labute approximate surface area is 85.5 Å². The molecule has 0 unspecified atom stereocenters. The standard InChI is InChI=1S/C13H16O/c1-4-13(14)11(3)9-12-8-6-5-7-10(12)2/h5-9H,4H2,1-3H3. The Morgan fingerprint density at radius 2 is 2.00 bits per heavy atom. The first-order valence-corrected chi connectivity index (χ1v) is 4.92. The first kappa shape index (κ1) is 10.7. The molecule has 1 aromatic carbocycles. The maximum Gasteiger partial charge on any atom is 0.158 e. The molecule has 0 radical (unpaired) electrons. The molecule has 0 aliphatic rings. The number of benzene rings is 1. The van der Waals surface area contributed by atoms with Crippen LogP contribution >= 0.6 is 0 Å². The van der Waals surface area contributed by atoms with Crippen molar-refractivity contribution < 1.29 is 4.79 Å². The van der Waals surface area contributed by atoms with E-state index in [9.17, 15) is 4.79 Å². The number of hydrogen-bond acceptors (Lipinski definition) is 1. The molecule has 0 N–H and O–H groups in total. The summed E-state index contributed by atoms with van der Waals surface area (Å²) in [7, 11) is 0. The minimum absolute atomic E-state index is 0.216. The van der Waals surface area contributed by atoms with E-state index >= 15 is 0 Å². The fourth-order valence-electron chi connectivity index (χ4n) is 1.34. The summed E-state index contributed by atoms with van der Waals surface area (Å²) in [5, 5.41) is 0. The van der Waals surface area contributed by atoms with Gasteiger partial charge in [-0.3, -0.25) is 4.79 Å². The minimum Gasteiger partial charge on any atom is -0.295 e. The van der Waals surface area contributed by atoms with Gasteiger partial charge in [-0.15, -0.1) is 0 Å². The van der Waals surface area contributed by atoms with Crippen LogP contribution < -0.4 is 0 Å². The molecule has 0 spiro atoms. The first-order valence-electron chi connectivity index (χ1n) is 4.92. The Hall–Kier alpha value is -1.37. The average Bonchev–Trinajstić information content (AvgIpc) is 2.20. The highest BCUT2D eigenvalue weighted by atomic mass is 16.1. The zero-order valence-corrected chi connectivity index (χ0v) is 9.00. The lowest BCUT2D eigenvalue weighted by molar-refractivity contribution is -0.115. The molecule has 74 valence electrons. The fraction of sp³-hybridized carbons (Fsp3) is 0.308. The van der Waals surface area contributed by atoms with E-state index in [0.717, 1.165) is 11.1 Å². The molecule has 1 heteroatoms. The second kappa shape index (κ2) is 4.75. The van der Waals surface area contributed by atoms with Crippen molar-refractivity contribution in [3.8, 4) is 0 Å². The number of ketones is 1. The van der Waals surface area contributed by atoms with Crippen LogP contribution in [0.1, 0.15) is 31.4 Å². The Kier molecular flexibility index (Phi) is 3.63. The molecule has 0 atom stereocenters. The average molecular weight is 188 g/mol. The molecule has 1 aromatic rings. The summed E-state index contributed by atoms with van der Waals surface area (Å²) < 4.78 is 0. The van der Waals surface area contributed by atoms with E-state index in [1.54, 1.807) is 0 Å². The summed E-state index contributed by atoms with van der Waals surface area (Å²) in [5.41, 5.74) is 3.17. The van der Waals surface area contributed by atoms with Gasteiger partial charge in [0.15, 0.2) is 5.78 Å². The number of carbonyl (C=O) groups excluding carboxylic acids is 1. The van der Waals surface area contributed by atoms with E-state index in [0.29, 0.717) is 6.42 Å². The summed E-state index contributed by atoms with van der Waals surface area (Å²) in [5.74, 6) is 0.216. The summed E-state index contributed by atoms with van der Waals surface area (Å²) in [6.45, 7) is 5.81. The van der Waals surface area contributed by atoms with Gasteiger partial charge in [-0.1, -0.05) is 31.2 Å². The molecule has 1 rings (SSSR count). The van der Waals surface area contributed by atoms with Crippen LogP contribution in [0.2, 0.25) is 0 Å². The Balaban J connectivity index is 2.97. The third-order valence-corrected chi connectivity index (χ3v) is 2.32. The van der Waals surface area contributed by atoms with Crippen LogP contribution in [0.15, 0.2) is 29.8 Å². The highest BCUT2D eigenvalue weighted by Crippen LogP contribution is 2.12. The van der Waals surface area contributed by atoms with Crippen LogP contribution in [-0.2, 0) is 4.79 Å². The van der Waals surface area contributed by atoms with Crippen LogP contribution in [0.3, 0.4) is 0 Å². The number of hydrogen-bond donors (Lipinski definition) is 0. The quantitative estimate of drug-likeness (QED) is 0.664. The van der Waals surface area contributed by atoms with Crippen LogP contribution in [0.25, 0.3) is 6.08 Å². The van der Waals surface area contributed by atoms with Crippen LogP contribution in [0.5, 0.6) is 0 Å². The predicted molar refractivity (Wildman–Crippen MR) is 60.1 cm³/mol. The number of aryl methyl sites for hydroxylation is 1. The third-order valence-electron chi connectivity index (χ3n) is 2.32. The van der Waals surface area contributed by atoms with Crippen molar-refractivity contribution in [1.82, 2.24) is 0 Å². The molecular weight excluding hydrogens is 172 g/mol. The van der Waals surface area contributed by atoms with Gasteiger partial charge < -0.3 is 0 Å². The Morgan fingerprint density at radius 3 is 2.57 bits per heavy atom. The summed E-state index contributed by atoms with van der Waals surface area (Å²) >= 11 is 0. The molecule has 0 saturated carbocycles. The largest absolute Gasteiger partial charge is 0.295 e. The predicted octanol–water partition coefficient (Wildman–Crippen LogP) is 3.38. The van der Waals surface area contributed by atoms with E-state index in [1.165, 1.54) is 5.56 Å². The number of allylic oxidation sites excluding steroid dienone is 1. The summed E-state index contributed by atoms with van der Waals surface area (Å²) in [4.78, 5) is 11.4. The minimum atomic E-state index is 0.216. The molecule has 14 heavy (non-hydrogen) atoms. The van der Waals surface area contributed by atoms with Gasteiger partial charge in [0.05, 0.1) is 0 Å². The highest BCUT2D eigenvalue weighted by molar-refractivity contribution is 5.98. The van der Waals surface area contributed by atoms with E-state index < -0.39 is 0 Å². The molecular formula is C13H16O. The van der Waals surface area contributed by atoms with Crippen molar-refractivity contribution in [2.24, 2.45) is 0 Å². The topological polar surface area (TPSA) is 17.1 Å². The lowest BCUT2D eigenvalue weighted by atomic mass is 10.0. The molecule has 0 aliphatic carbocycles. The van der Waals surface area contributed by atoms with E-state index in [2.05, 4.69) is 13.0 Å². The lowest BCUT2D eigenvalue weighted by Gasteiger charge is -2.01. The van der Waals surface area contributed by atoms with Gasteiger partial charge in [-0.2, -0.15) is 0 Å².